The van der Waals surface area contributed by atoms with Crippen molar-refractivity contribution in [1.82, 2.24) is 14.8 Å². The second-order valence-electron chi connectivity index (χ2n) is 7.68. The molecular formula is C24H23ClF2N4O3. The lowest BCUT2D eigenvalue weighted by molar-refractivity contribution is -0.111. The van der Waals surface area contributed by atoms with Gasteiger partial charge in [-0.3, -0.25) is 4.79 Å². The van der Waals surface area contributed by atoms with Gasteiger partial charge in [0, 0.05) is 35.9 Å². The molecule has 3 aromatic rings. The van der Waals surface area contributed by atoms with Crippen molar-refractivity contribution >= 4 is 29.3 Å². The van der Waals surface area contributed by atoms with Crippen molar-refractivity contribution in [1.29, 1.82) is 0 Å². The number of carbonyl (C=O) groups is 1. The summed E-state index contributed by atoms with van der Waals surface area (Å²) in [6.07, 6.45) is 6.73. The molecule has 0 radical (unpaired) electrons. The van der Waals surface area contributed by atoms with Crippen LogP contribution >= 0.6 is 11.6 Å². The third-order valence-electron chi connectivity index (χ3n) is 5.43. The number of benzene rings is 2. The Morgan fingerprint density at radius 2 is 2.06 bits per heavy atom. The molecule has 0 unspecified atom stereocenters. The van der Waals surface area contributed by atoms with Crippen molar-refractivity contribution in [2.75, 3.05) is 12.4 Å². The number of nitrogens with one attached hydrogen (secondary N) is 1. The summed E-state index contributed by atoms with van der Waals surface area (Å²) >= 11 is 6.44. The van der Waals surface area contributed by atoms with E-state index >= 15 is 0 Å². The minimum atomic E-state index is -3.03. The number of hydrogen-bond donors (Lipinski definition) is 1. The highest BCUT2D eigenvalue weighted by atomic mass is 35.5. The number of carbonyl (C=O) groups excluding carboxylic acids is 1. The quantitative estimate of drug-likeness (QED) is 0.439. The van der Waals surface area contributed by atoms with Crippen LogP contribution in [-0.4, -0.2) is 34.4 Å². The summed E-state index contributed by atoms with van der Waals surface area (Å²) in [7, 11) is 1.35. The molecule has 0 atom stereocenters. The van der Waals surface area contributed by atoms with E-state index in [0.29, 0.717) is 22.1 Å². The standard InChI is InChI=1S/C24H23ClF2N4O3/c1-33-19-7-5-6-15(22(19)34-24(26)27)9-12-21(32)28-16-10-11-18(25)17(14-16)23-30-29-20-8-3-2-4-13-31(20)23/h5-7,9-12,14,24H,2-4,8,13H2,1H3,(H,28,32)/b12-9+. The third kappa shape index (κ3) is 5.36. The molecule has 0 spiro atoms. The van der Waals surface area contributed by atoms with Gasteiger partial charge in [-0.05, 0) is 43.2 Å². The fourth-order valence-electron chi connectivity index (χ4n) is 3.85. The van der Waals surface area contributed by atoms with E-state index in [4.69, 9.17) is 16.3 Å². The predicted octanol–water partition coefficient (Wildman–Crippen LogP) is 5.59. The second-order valence-corrected chi connectivity index (χ2v) is 8.08. The Balaban J connectivity index is 1.54. The summed E-state index contributed by atoms with van der Waals surface area (Å²) in [6.45, 7) is -2.21. The minimum absolute atomic E-state index is 0.137. The van der Waals surface area contributed by atoms with Crippen LogP contribution in [0.4, 0.5) is 14.5 Å². The van der Waals surface area contributed by atoms with Gasteiger partial charge < -0.3 is 19.4 Å². The van der Waals surface area contributed by atoms with Crippen LogP contribution in [0.1, 0.15) is 30.7 Å². The van der Waals surface area contributed by atoms with Crippen molar-refractivity contribution in [2.24, 2.45) is 0 Å². The number of ether oxygens (including phenoxy) is 2. The summed E-state index contributed by atoms with van der Waals surface area (Å²) in [5, 5.41) is 11.9. The molecule has 1 aromatic heterocycles. The van der Waals surface area contributed by atoms with Gasteiger partial charge in [0.1, 0.15) is 5.82 Å². The fourth-order valence-corrected chi connectivity index (χ4v) is 4.05. The first-order valence-electron chi connectivity index (χ1n) is 10.8. The lowest BCUT2D eigenvalue weighted by Crippen LogP contribution is -2.09. The first-order chi connectivity index (χ1) is 16.5. The zero-order chi connectivity index (χ0) is 24.1. The molecule has 0 aliphatic carbocycles. The molecule has 0 bridgehead atoms. The number of rotatable bonds is 7. The Morgan fingerprint density at radius 3 is 2.85 bits per heavy atom. The highest BCUT2D eigenvalue weighted by Crippen LogP contribution is 2.34. The number of halogens is 3. The number of fused-ring (bicyclic) bond motifs is 1. The number of alkyl halides is 2. The second kappa shape index (κ2) is 10.6. The van der Waals surface area contributed by atoms with Crippen LogP contribution in [0.5, 0.6) is 11.5 Å². The molecule has 0 saturated carbocycles. The maximum atomic E-state index is 12.8. The Bertz CT molecular complexity index is 1210. The predicted molar refractivity (Wildman–Crippen MR) is 125 cm³/mol. The molecule has 178 valence electrons. The van der Waals surface area contributed by atoms with Gasteiger partial charge in [-0.25, -0.2) is 0 Å². The number of nitrogens with zero attached hydrogens (tertiary/aromatic N) is 3. The highest BCUT2D eigenvalue weighted by Gasteiger charge is 2.19. The molecule has 2 heterocycles. The van der Waals surface area contributed by atoms with E-state index in [0.717, 1.165) is 38.1 Å². The zero-order valence-electron chi connectivity index (χ0n) is 18.4. The Kier molecular flexibility index (Phi) is 7.42. The van der Waals surface area contributed by atoms with Gasteiger partial charge in [0.05, 0.1) is 12.1 Å². The average Bonchev–Trinajstić information content (AvgIpc) is 3.06. The van der Waals surface area contributed by atoms with Crippen LogP contribution in [0.15, 0.2) is 42.5 Å². The SMILES string of the molecule is COc1cccc(/C=C/C(=O)Nc2ccc(Cl)c(-c3nnc4n3CCCCC4)c2)c1OC(F)F. The van der Waals surface area contributed by atoms with Crippen LogP contribution in [-0.2, 0) is 17.8 Å². The normalized spacial score (nSPS) is 13.6. The molecule has 1 N–H and O–H groups in total. The monoisotopic (exact) mass is 488 g/mol. The summed E-state index contributed by atoms with van der Waals surface area (Å²) in [5.41, 5.74) is 1.46. The van der Waals surface area contributed by atoms with Crippen molar-refractivity contribution < 1.29 is 23.0 Å². The molecule has 0 fully saturated rings. The van der Waals surface area contributed by atoms with Crippen LogP contribution in [0.25, 0.3) is 17.5 Å². The van der Waals surface area contributed by atoms with Gasteiger partial charge in [-0.15, -0.1) is 10.2 Å². The number of anilines is 1. The van der Waals surface area contributed by atoms with Gasteiger partial charge in [-0.2, -0.15) is 8.78 Å². The zero-order valence-corrected chi connectivity index (χ0v) is 19.2. The van der Waals surface area contributed by atoms with Gasteiger partial charge >= 0.3 is 6.61 Å². The molecule has 2 aromatic carbocycles. The fraction of sp³-hybridized carbons (Fsp3) is 0.292. The van der Waals surface area contributed by atoms with Crippen LogP contribution in [0.2, 0.25) is 5.02 Å². The maximum absolute atomic E-state index is 12.8. The summed E-state index contributed by atoms with van der Waals surface area (Å²) < 4.78 is 37.4. The van der Waals surface area contributed by atoms with Gasteiger partial charge in [0.2, 0.25) is 5.91 Å². The largest absolute Gasteiger partial charge is 0.493 e. The first-order valence-corrected chi connectivity index (χ1v) is 11.2. The Labute approximate surface area is 200 Å². The van der Waals surface area contributed by atoms with Crippen LogP contribution in [0.3, 0.4) is 0 Å². The molecule has 0 saturated heterocycles. The van der Waals surface area contributed by atoms with E-state index in [-0.39, 0.29) is 17.1 Å². The average molecular weight is 489 g/mol. The minimum Gasteiger partial charge on any atom is -0.493 e. The molecule has 34 heavy (non-hydrogen) atoms. The number of amides is 1. The molecule has 10 heteroatoms. The molecule has 4 rings (SSSR count). The van der Waals surface area contributed by atoms with E-state index in [1.807, 2.05) is 0 Å². The van der Waals surface area contributed by atoms with E-state index in [9.17, 15) is 13.6 Å². The third-order valence-corrected chi connectivity index (χ3v) is 5.76. The molecule has 1 aliphatic heterocycles. The highest BCUT2D eigenvalue weighted by molar-refractivity contribution is 6.33. The van der Waals surface area contributed by atoms with E-state index in [1.54, 1.807) is 30.3 Å². The summed E-state index contributed by atoms with van der Waals surface area (Å²) in [5.74, 6) is 1.13. The number of aromatic nitrogens is 3. The molecular weight excluding hydrogens is 466 g/mol. The molecule has 7 nitrogen and oxygen atoms in total. The Hall–Kier alpha value is -3.46. The molecule has 1 aliphatic rings. The van der Waals surface area contributed by atoms with Gasteiger partial charge in [-0.1, -0.05) is 30.2 Å². The van der Waals surface area contributed by atoms with Crippen LogP contribution < -0.4 is 14.8 Å². The van der Waals surface area contributed by atoms with Crippen molar-refractivity contribution in [3.8, 4) is 22.9 Å². The summed E-state index contributed by atoms with van der Waals surface area (Å²) in [4.78, 5) is 12.6. The maximum Gasteiger partial charge on any atom is 0.387 e. The van der Waals surface area contributed by atoms with Gasteiger partial charge in [0.25, 0.3) is 0 Å². The number of aryl methyl sites for hydroxylation is 1. The Morgan fingerprint density at radius 1 is 1.21 bits per heavy atom. The number of para-hydroxylation sites is 1. The van der Waals surface area contributed by atoms with E-state index in [2.05, 4.69) is 24.8 Å². The van der Waals surface area contributed by atoms with E-state index in [1.165, 1.54) is 25.3 Å². The van der Waals surface area contributed by atoms with Crippen molar-refractivity contribution in [3.05, 3.63) is 58.9 Å². The lowest BCUT2D eigenvalue weighted by Gasteiger charge is -2.12. The lowest BCUT2D eigenvalue weighted by atomic mass is 10.1. The number of methoxy groups -OCH3 is 1. The van der Waals surface area contributed by atoms with Crippen LogP contribution in [0, 0.1) is 0 Å². The first kappa shape index (κ1) is 23.7. The van der Waals surface area contributed by atoms with Gasteiger partial charge in [0.15, 0.2) is 17.3 Å². The van der Waals surface area contributed by atoms with Crippen molar-refractivity contribution in [2.45, 2.75) is 38.8 Å². The topological polar surface area (TPSA) is 78.3 Å². The smallest absolute Gasteiger partial charge is 0.387 e. The van der Waals surface area contributed by atoms with Crippen molar-refractivity contribution in [3.63, 3.8) is 0 Å². The van der Waals surface area contributed by atoms with E-state index < -0.39 is 12.5 Å². The number of hydrogen-bond acceptors (Lipinski definition) is 5. The molecule has 1 amide bonds. The summed E-state index contributed by atoms with van der Waals surface area (Å²) in [6, 6.07) is 9.76.